The third kappa shape index (κ3) is 1.33. The zero-order valence-corrected chi connectivity index (χ0v) is 8.65. The molecular weight excluding hydrogens is 208 g/mol. The second-order valence-corrected chi connectivity index (χ2v) is 3.48. The summed E-state index contributed by atoms with van der Waals surface area (Å²) >= 11 is 0. The van der Waals surface area contributed by atoms with Crippen LogP contribution < -0.4 is 5.56 Å². The van der Waals surface area contributed by atoms with E-state index in [0.29, 0.717) is 5.39 Å². The normalized spacial score (nSPS) is 10.6. The van der Waals surface area contributed by atoms with Crippen molar-refractivity contribution in [3.63, 3.8) is 0 Å². The number of carboxylic acid groups (broad SMARTS) is 1. The molecular formula is C11H10N2O3. The van der Waals surface area contributed by atoms with E-state index in [1.807, 2.05) is 0 Å². The predicted molar refractivity (Wildman–Crippen MR) is 60.6 cm³/mol. The Morgan fingerprint density at radius 3 is 2.88 bits per heavy atom. The van der Waals surface area contributed by atoms with E-state index in [-0.39, 0.29) is 16.8 Å². The number of nitrogens with zero attached hydrogens (tertiary/aromatic N) is 1. The molecule has 5 heteroatoms. The van der Waals surface area contributed by atoms with Crippen LogP contribution in [-0.2, 0) is 7.05 Å². The number of fused-ring (bicyclic) bond motifs is 1. The predicted octanol–water partition coefficient (Wildman–Crippen LogP) is 1.21. The summed E-state index contributed by atoms with van der Waals surface area (Å²) in [5.41, 5.74) is 0.757. The van der Waals surface area contributed by atoms with Crippen LogP contribution in [0.25, 0.3) is 17.0 Å². The number of aryl methyl sites for hydroxylation is 1. The van der Waals surface area contributed by atoms with Crippen LogP contribution in [0.5, 0.6) is 0 Å². The van der Waals surface area contributed by atoms with Gasteiger partial charge in [-0.05, 0) is 11.6 Å². The van der Waals surface area contributed by atoms with Gasteiger partial charge in [-0.25, -0.2) is 4.79 Å². The summed E-state index contributed by atoms with van der Waals surface area (Å²) in [6, 6.07) is 1.44. The number of carboxylic acids is 1. The fourth-order valence-electron chi connectivity index (χ4n) is 1.64. The van der Waals surface area contributed by atoms with Crippen molar-refractivity contribution >= 4 is 22.9 Å². The number of aromatic nitrogens is 2. The summed E-state index contributed by atoms with van der Waals surface area (Å²) < 4.78 is 1.39. The lowest BCUT2D eigenvalue weighted by molar-refractivity contribution is 0.0691. The summed E-state index contributed by atoms with van der Waals surface area (Å²) in [6.45, 7) is 3.63. The van der Waals surface area contributed by atoms with Crippen LogP contribution in [0.3, 0.4) is 0 Å². The second kappa shape index (κ2) is 3.37. The first kappa shape index (κ1) is 10.2. The molecule has 0 unspecified atom stereocenters. The highest BCUT2D eigenvalue weighted by Crippen LogP contribution is 2.17. The number of aromatic amines is 1. The van der Waals surface area contributed by atoms with Gasteiger partial charge in [-0.15, -0.1) is 0 Å². The van der Waals surface area contributed by atoms with E-state index in [9.17, 15) is 9.59 Å². The van der Waals surface area contributed by atoms with Crippen molar-refractivity contribution in [3.05, 3.63) is 40.5 Å². The maximum absolute atomic E-state index is 11.7. The van der Waals surface area contributed by atoms with Crippen molar-refractivity contribution in [2.45, 2.75) is 0 Å². The highest BCUT2D eigenvalue weighted by molar-refractivity contribution is 5.96. The van der Waals surface area contributed by atoms with Crippen LogP contribution in [0.4, 0.5) is 0 Å². The van der Waals surface area contributed by atoms with E-state index < -0.39 is 5.97 Å². The van der Waals surface area contributed by atoms with Gasteiger partial charge in [0, 0.05) is 18.6 Å². The molecule has 5 nitrogen and oxygen atoms in total. The molecule has 0 saturated heterocycles. The summed E-state index contributed by atoms with van der Waals surface area (Å²) in [5, 5.41) is 9.42. The molecule has 0 aromatic carbocycles. The minimum atomic E-state index is -1.09. The summed E-state index contributed by atoms with van der Waals surface area (Å²) in [7, 11) is 1.61. The van der Waals surface area contributed by atoms with Crippen molar-refractivity contribution < 1.29 is 9.90 Å². The molecule has 0 fully saturated rings. The zero-order chi connectivity index (χ0) is 11.9. The second-order valence-electron chi connectivity index (χ2n) is 3.48. The van der Waals surface area contributed by atoms with Gasteiger partial charge in [0.1, 0.15) is 11.2 Å². The molecule has 0 atom stereocenters. The number of hydrogen-bond donors (Lipinski definition) is 2. The molecule has 0 amide bonds. The topological polar surface area (TPSA) is 75.1 Å². The Labute approximate surface area is 90.6 Å². The first-order valence-electron chi connectivity index (χ1n) is 4.62. The van der Waals surface area contributed by atoms with Crippen LogP contribution in [0.1, 0.15) is 16.1 Å². The smallest absolute Gasteiger partial charge is 0.352 e. The third-order valence-electron chi connectivity index (χ3n) is 2.45. The molecule has 2 N–H and O–H groups in total. The van der Waals surface area contributed by atoms with Gasteiger partial charge in [-0.2, -0.15) is 0 Å². The lowest BCUT2D eigenvalue weighted by Crippen LogP contribution is -2.16. The molecule has 2 rings (SSSR count). The minimum Gasteiger partial charge on any atom is -0.477 e. The van der Waals surface area contributed by atoms with Gasteiger partial charge in [-0.1, -0.05) is 12.7 Å². The maximum Gasteiger partial charge on any atom is 0.352 e. The number of rotatable bonds is 2. The van der Waals surface area contributed by atoms with Gasteiger partial charge < -0.3 is 14.7 Å². The van der Waals surface area contributed by atoms with E-state index >= 15 is 0 Å². The van der Waals surface area contributed by atoms with E-state index in [0.717, 1.165) is 5.56 Å². The Kier molecular flexibility index (Phi) is 2.16. The first-order chi connectivity index (χ1) is 7.54. The van der Waals surface area contributed by atoms with Crippen molar-refractivity contribution in [2.24, 2.45) is 7.05 Å². The molecule has 82 valence electrons. The molecule has 0 spiro atoms. The highest BCUT2D eigenvalue weighted by Gasteiger charge is 2.12. The van der Waals surface area contributed by atoms with Crippen molar-refractivity contribution in [1.82, 2.24) is 9.55 Å². The fraction of sp³-hybridized carbons (Fsp3) is 0.0909. The highest BCUT2D eigenvalue weighted by atomic mass is 16.4. The first-order valence-corrected chi connectivity index (χ1v) is 4.62. The van der Waals surface area contributed by atoms with Crippen LogP contribution in [0.2, 0.25) is 0 Å². The lowest BCUT2D eigenvalue weighted by atomic mass is 10.2. The Bertz CT molecular complexity index is 649. The van der Waals surface area contributed by atoms with Crippen LogP contribution in [0.15, 0.2) is 23.6 Å². The van der Waals surface area contributed by atoms with Gasteiger partial charge in [-0.3, -0.25) is 4.79 Å². The average Bonchev–Trinajstić information content (AvgIpc) is 2.68. The monoisotopic (exact) mass is 218 g/mol. The number of pyridine rings is 1. The Balaban J connectivity index is 2.94. The van der Waals surface area contributed by atoms with Crippen molar-refractivity contribution in [3.8, 4) is 0 Å². The number of H-pyrrole nitrogens is 1. The third-order valence-corrected chi connectivity index (χ3v) is 2.45. The molecule has 2 aromatic rings. The fourth-order valence-corrected chi connectivity index (χ4v) is 1.64. The zero-order valence-electron chi connectivity index (χ0n) is 8.65. The largest absolute Gasteiger partial charge is 0.477 e. The molecule has 0 aliphatic heterocycles. The Hall–Kier alpha value is -2.30. The van der Waals surface area contributed by atoms with E-state index in [4.69, 9.17) is 5.11 Å². The molecule has 2 aromatic heterocycles. The molecule has 0 aliphatic carbocycles. The molecule has 0 radical (unpaired) electrons. The molecule has 0 saturated carbocycles. The number of carbonyl (C=O) groups is 1. The standard InChI is InChI=1S/C11H10N2O3/c1-3-6-5-13(2)10(14)9-7(6)4-8(12-9)11(15)16/h3-5,12H,1H2,2H3,(H,15,16). The van der Waals surface area contributed by atoms with E-state index in [1.165, 1.54) is 10.6 Å². The SMILES string of the molecule is C=Cc1cn(C)c(=O)c2[nH]c(C(=O)O)cc12. The molecule has 0 bridgehead atoms. The number of nitrogens with one attached hydrogen (secondary N) is 1. The quantitative estimate of drug-likeness (QED) is 0.795. The van der Waals surface area contributed by atoms with E-state index in [1.54, 1.807) is 19.3 Å². The van der Waals surface area contributed by atoms with Crippen LogP contribution in [0, 0.1) is 0 Å². The minimum absolute atomic E-state index is 0.00130. The van der Waals surface area contributed by atoms with Gasteiger partial charge in [0.15, 0.2) is 0 Å². The van der Waals surface area contributed by atoms with Gasteiger partial charge in [0.25, 0.3) is 5.56 Å². The van der Waals surface area contributed by atoms with Crippen molar-refractivity contribution in [1.29, 1.82) is 0 Å². The van der Waals surface area contributed by atoms with Gasteiger partial charge in [0.05, 0.1) is 0 Å². The maximum atomic E-state index is 11.7. The average molecular weight is 218 g/mol. The van der Waals surface area contributed by atoms with Gasteiger partial charge in [0.2, 0.25) is 0 Å². The number of aromatic carboxylic acids is 1. The Morgan fingerprint density at radius 1 is 1.62 bits per heavy atom. The molecule has 16 heavy (non-hydrogen) atoms. The Morgan fingerprint density at radius 2 is 2.31 bits per heavy atom. The lowest BCUT2D eigenvalue weighted by Gasteiger charge is -2.00. The van der Waals surface area contributed by atoms with Crippen LogP contribution in [-0.4, -0.2) is 20.6 Å². The van der Waals surface area contributed by atoms with Crippen molar-refractivity contribution in [2.75, 3.05) is 0 Å². The van der Waals surface area contributed by atoms with Crippen LogP contribution >= 0.6 is 0 Å². The summed E-state index contributed by atoms with van der Waals surface area (Å²) in [6.07, 6.45) is 3.21. The van der Waals surface area contributed by atoms with E-state index in [2.05, 4.69) is 11.6 Å². The summed E-state index contributed by atoms with van der Waals surface area (Å²) in [5.74, 6) is -1.09. The molecule has 2 heterocycles. The number of hydrogen-bond acceptors (Lipinski definition) is 2. The summed E-state index contributed by atoms with van der Waals surface area (Å²) in [4.78, 5) is 25.1. The molecule has 0 aliphatic rings. The van der Waals surface area contributed by atoms with Gasteiger partial charge >= 0.3 is 5.97 Å².